The molecule has 21 heavy (non-hydrogen) atoms. The van der Waals surface area contributed by atoms with Gasteiger partial charge in [-0.05, 0) is 37.7 Å². The molecule has 0 bridgehead atoms. The Labute approximate surface area is 123 Å². The Hall–Kier alpha value is -1.32. The maximum Gasteiger partial charge on any atom is 0.391 e. The van der Waals surface area contributed by atoms with Gasteiger partial charge in [-0.2, -0.15) is 13.2 Å². The molecule has 4 heteroatoms. The molecule has 1 aromatic carbocycles. The van der Waals surface area contributed by atoms with Gasteiger partial charge in [0.05, 0.1) is 5.92 Å². The molecule has 0 aliphatic heterocycles. The fourth-order valence-electron chi connectivity index (χ4n) is 3.10. The van der Waals surface area contributed by atoms with Gasteiger partial charge in [-0.25, -0.2) is 0 Å². The number of carbonyl (C=O) groups is 1. The van der Waals surface area contributed by atoms with E-state index in [4.69, 9.17) is 0 Å². The molecule has 0 N–H and O–H groups in total. The Balaban J connectivity index is 1.78. The van der Waals surface area contributed by atoms with Crippen LogP contribution in [0.3, 0.4) is 0 Å². The Bertz CT molecular complexity index is 453. The van der Waals surface area contributed by atoms with Crippen molar-refractivity contribution in [2.24, 2.45) is 11.8 Å². The molecule has 2 unspecified atom stereocenters. The Kier molecular flexibility index (Phi) is 5.43. The molecule has 2 rings (SSSR count). The van der Waals surface area contributed by atoms with Gasteiger partial charge in [0.25, 0.3) is 0 Å². The van der Waals surface area contributed by atoms with Crippen molar-refractivity contribution in [1.82, 2.24) is 0 Å². The van der Waals surface area contributed by atoms with Crippen molar-refractivity contribution in [3.63, 3.8) is 0 Å². The monoisotopic (exact) mass is 298 g/mol. The lowest BCUT2D eigenvalue weighted by Crippen LogP contribution is -2.31. The van der Waals surface area contributed by atoms with Gasteiger partial charge in [0.1, 0.15) is 5.78 Å². The van der Waals surface area contributed by atoms with E-state index in [1.807, 2.05) is 30.3 Å². The smallest absolute Gasteiger partial charge is 0.299 e. The number of hydrogen-bond acceptors (Lipinski definition) is 1. The van der Waals surface area contributed by atoms with Gasteiger partial charge in [-0.1, -0.05) is 36.8 Å². The van der Waals surface area contributed by atoms with Gasteiger partial charge < -0.3 is 0 Å². The van der Waals surface area contributed by atoms with Gasteiger partial charge in [0, 0.05) is 12.3 Å². The van der Waals surface area contributed by atoms with Gasteiger partial charge in [0.2, 0.25) is 0 Å². The predicted molar refractivity (Wildman–Crippen MR) is 75.9 cm³/mol. The van der Waals surface area contributed by atoms with Crippen LogP contribution in [-0.2, 0) is 11.2 Å². The van der Waals surface area contributed by atoms with E-state index in [1.165, 1.54) is 5.56 Å². The Morgan fingerprint density at radius 2 is 1.86 bits per heavy atom. The molecule has 0 heterocycles. The number of halogens is 3. The zero-order valence-corrected chi connectivity index (χ0v) is 12.0. The second-order valence-electron chi connectivity index (χ2n) is 5.91. The van der Waals surface area contributed by atoms with E-state index in [-0.39, 0.29) is 24.5 Å². The molecule has 0 spiro atoms. The highest BCUT2D eigenvalue weighted by atomic mass is 19.4. The van der Waals surface area contributed by atoms with Crippen LogP contribution in [0.2, 0.25) is 0 Å². The molecular formula is C17H21F3O. The van der Waals surface area contributed by atoms with Crippen LogP contribution < -0.4 is 0 Å². The molecule has 0 amide bonds. The van der Waals surface area contributed by atoms with Gasteiger partial charge >= 0.3 is 6.18 Å². The number of rotatable bonds is 5. The molecule has 1 aliphatic carbocycles. The topological polar surface area (TPSA) is 17.1 Å². The SMILES string of the molecule is O=C(CCCc1ccccc1)C1CCCC(C(F)(F)F)C1. The average Bonchev–Trinajstić information content (AvgIpc) is 2.47. The summed E-state index contributed by atoms with van der Waals surface area (Å²) in [5.74, 6) is -1.66. The minimum atomic E-state index is -4.15. The third kappa shape index (κ3) is 4.87. The number of ketones is 1. The highest BCUT2D eigenvalue weighted by Gasteiger charge is 2.43. The molecule has 1 aliphatic rings. The summed E-state index contributed by atoms with van der Waals surface area (Å²) in [4.78, 5) is 12.1. The highest BCUT2D eigenvalue weighted by Crippen LogP contribution is 2.40. The third-order valence-corrected chi connectivity index (χ3v) is 4.32. The lowest BCUT2D eigenvalue weighted by molar-refractivity contribution is -0.186. The van der Waals surface area contributed by atoms with Gasteiger partial charge in [-0.3, -0.25) is 4.79 Å². The predicted octanol–water partition coefficient (Wildman–Crippen LogP) is 4.95. The van der Waals surface area contributed by atoms with Gasteiger partial charge in [-0.15, -0.1) is 0 Å². The van der Waals surface area contributed by atoms with Gasteiger partial charge in [0.15, 0.2) is 0 Å². The van der Waals surface area contributed by atoms with Crippen LogP contribution in [0, 0.1) is 11.8 Å². The summed E-state index contributed by atoms with van der Waals surface area (Å²) in [6.07, 6.45) is -0.924. The molecule has 116 valence electrons. The summed E-state index contributed by atoms with van der Waals surface area (Å²) in [7, 11) is 0. The average molecular weight is 298 g/mol. The van der Waals surface area contributed by atoms with Crippen LogP contribution in [0.15, 0.2) is 30.3 Å². The number of hydrogen-bond donors (Lipinski definition) is 0. The lowest BCUT2D eigenvalue weighted by Gasteiger charge is -2.29. The summed E-state index contributed by atoms with van der Waals surface area (Å²) < 4.78 is 38.2. The first kappa shape index (κ1) is 16.1. The number of Topliss-reactive ketones (excluding diaryl/α,β-unsaturated/α-hetero) is 1. The molecule has 1 nitrogen and oxygen atoms in total. The number of aryl methyl sites for hydroxylation is 1. The first-order valence-electron chi connectivity index (χ1n) is 7.60. The van der Waals surface area contributed by atoms with E-state index in [0.717, 1.165) is 12.8 Å². The van der Waals surface area contributed by atoms with Crippen LogP contribution in [-0.4, -0.2) is 12.0 Å². The second-order valence-corrected chi connectivity index (χ2v) is 5.91. The molecule has 0 saturated heterocycles. The van der Waals surface area contributed by atoms with E-state index < -0.39 is 12.1 Å². The van der Waals surface area contributed by atoms with E-state index >= 15 is 0 Å². The summed E-state index contributed by atoms with van der Waals surface area (Å²) >= 11 is 0. The Morgan fingerprint density at radius 1 is 1.14 bits per heavy atom. The van der Waals surface area contributed by atoms with E-state index in [9.17, 15) is 18.0 Å². The molecule has 0 aromatic heterocycles. The van der Waals surface area contributed by atoms with Crippen LogP contribution in [0.4, 0.5) is 13.2 Å². The zero-order valence-electron chi connectivity index (χ0n) is 12.0. The van der Waals surface area contributed by atoms with Crippen LogP contribution in [0.1, 0.15) is 44.1 Å². The van der Waals surface area contributed by atoms with Crippen molar-refractivity contribution in [3.05, 3.63) is 35.9 Å². The van der Waals surface area contributed by atoms with Crippen LogP contribution >= 0.6 is 0 Å². The summed E-state index contributed by atoms with van der Waals surface area (Å²) in [6, 6.07) is 9.85. The zero-order chi connectivity index (χ0) is 15.3. The Morgan fingerprint density at radius 3 is 2.52 bits per heavy atom. The standard InChI is InChI=1S/C17H21F3O/c18-17(19,20)15-10-5-9-14(12-15)16(21)11-4-8-13-6-2-1-3-7-13/h1-3,6-7,14-15H,4-5,8-12H2. The third-order valence-electron chi connectivity index (χ3n) is 4.32. The molecule has 1 saturated carbocycles. The minimum absolute atomic E-state index is 0.00628. The normalized spacial score (nSPS) is 23.0. The quantitative estimate of drug-likeness (QED) is 0.752. The van der Waals surface area contributed by atoms with Crippen molar-refractivity contribution < 1.29 is 18.0 Å². The first-order chi connectivity index (χ1) is 9.97. The number of benzene rings is 1. The maximum absolute atomic E-state index is 12.7. The van der Waals surface area contributed by atoms with Crippen LogP contribution in [0.5, 0.6) is 0 Å². The van der Waals surface area contributed by atoms with Crippen molar-refractivity contribution in [2.45, 2.75) is 51.1 Å². The van der Waals surface area contributed by atoms with Crippen molar-refractivity contribution in [1.29, 1.82) is 0 Å². The molecule has 1 aromatic rings. The van der Waals surface area contributed by atoms with E-state index in [1.54, 1.807) is 0 Å². The first-order valence-corrected chi connectivity index (χ1v) is 7.60. The summed E-state index contributed by atoms with van der Waals surface area (Å²) in [5.41, 5.74) is 1.17. The molecular weight excluding hydrogens is 277 g/mol. The summed E-state index contributed by atoms with van der Waals surface area (Å²) in [6.45, 7) is 0. The molecule has 2 atom stereocenters. The minimum Gasteiger partial charge on any atom is -0.299 e. The maximum atomic E-state index is 12.7. The second kappa shape index (κ2) is 7.10. The largest absolute Gasteiger partial charge is 0.391 e. The van der Waals surface area contributed by atoms with Crippen molar-refractivity contribution in [3.8, 4) is 0 Å². The fraction of sp³-hybridized carbons (Fsp3) is 0.588. The highest BCUT2D eigenvalue weighted by molar-refractivity contribution is 5.81. The molecule has 1 fully saturated rings. The van der Waals surface area contributed by atoms with E-state index in [2.05, 4.69) is 0 Å². The lowest BCUT2D eigenvalue weighted by atomic mass is 9.78. The van der Waals surface area contributed by atoms with Crippen molar-refractivity contribution >= 4 is 5.78 Å². The number of carbonyl (C=O) groups excluding carboxylic acids is 1. The molecule has 0 radical (unpaired) electrons. The van der Waals surface area contributed by atoms with Crippen molar-refractivity contribution in [2.75, 3.05) is 0 Å². The fourth-order valence-corrected chi connectivity index (χ4v) is 3.10. The summed E-state index contributed by atoms with van der Waals surface area (Å²) in [5, 5.41) is 0. The van der Waals surface area contributed by atoms with Crippen LogP contribution in [0.25, 0.3) is 0 Å². The van der Waals surface area contributed by atoms with E-state index in [0.29, 0.717) is 19.3 Å². The number of alkyl halides is 3.